The smallest absolute Gasteiger partial charge is 0.408 e. The molecule has 3 rings (SSSR count). The SMILES string of the molecule is COC(=O)c1cc(NC(=O)[C@H](C)NC(=O)OC(C)(C)C)nc(-c2ccc(C#Cc3cccnc3)cc2)c1. The number of pyridine rings is 2. The predicted molar refractivity (Wildman–Crippen MR) is 139 cm³/mol. The molecule has 0 fully saturated rings. The van der Waals surface area contributed by atoms with Crippen molar-refractivity contribution < 1.29 is 23.9 Å². The predicted octanol–water partition coefficient (Wildman–Crippen LogP) is 4.18. The minimum atomic E-state index is -0.917. The summed E-state index contributed by atoms with van der Waals surface area (Å²) < 4.78 is 10.0. The molecule has 37 heavy (non-hydrogen) atoms. The average Bonchev–Trinajstić information content (AvgIpc) is 2.86. The summed E-state index contributed by atoms with van der Waals surface area (Å²) in [7, 11) is 1.27. The molecule has 0 aliphatic heterocycles. The Morgan fingerprint density at radius 2 is 1.70 bits per heavy atom. The molecule has 1 atom stereocenters. The highest BCUT2D eigenvalue weighted by Gasteiger charge is 2.22. The summed E-state index contributed by atoms with van der Waals surface area (Å²) in [5.74, 6) is 5.12. The van der Waals surface area contributed by atoms with E-state index < -0.39 is 29.6 Å². The number of rotatable bonds is 5. The highest BCUT2D eigenvalue weighted by Crippen LogP contribution is 2.22. The van der Waals surface area contributed by atoms with Gasteiger partial charge in [0.2, 0.25) is 5.91 Å². The van der Waals surface area contributed by atoms with Gasteiger partial charge in [0.1, 0.15) is 17.5 Å². The van der Waals surface area contributed by atoms with Gasteiger partial charge in [-0.15, -0.1) is 0 Å². The van der Waals surface area contributed by atoms with Gasteiger partial charge < -0.3 is 20.1 Å². The van der Waals surface area contributed by atoms with Gasteiger partial charge in [0, 0.05) is 29.1 Å². The average molecular weight is 501 g/mol. The number of anilines is 1. The third-order valence-electron chi connectivity index (χ3n) is 4.82. The fourth-order valence-corrected chi connectivity index (χ4v) is 3.07. The number of hydrogen-bond acceptors (Lipinski definition) is 7. The Hall–Kier alpha value is -4.71. The van der Waals surface area contributed by atoms with Crippen molar-refractivity contribution in [2.45, 2.75) is 39.3 Å². The van der Waals surface area contributed by atoms with E-state index in [1.54, 1.807) is 39.2 Å². The van der Waals surface area contributed by atoms with Crippen LogP contribution in [0.1, 0.15) is 49.2 Å². The first-order valence-corrected chi connectivity index (χ1v) is 11.5. The van der Waals surface area contributed by atoms with Gasteiger partial charge in [0.25, 0.3) is 0 Å². The molecule has 0 aliphatic carbocycles. The van der Waals surface area contributed by atoms with E-state index in [-0.39, 0.29) is 11.4 Å². The Bertz CT molecular complexity index is 1340. The molecular formula is C28H28N4O5. The zero-order valence-electron chi connectivity index (χ0n) is 21.3. The number of esters is 1. The van der Waals surface area contributed by atoms with Gasteiger partial charge in [-0.2, -0.15) is 0 Å². The van der Waals surface area contributed by atoms with Gasteiger partial charge in [-0.05, 0) is 64.1 Å². The van der Waals surface area contributed by atoms with E-state index in [1.807, 2.05) is 36.4 Å². The van der Waals surface area contributed by atoms with Crippen molar-refractivity contribution in [3.8, 4) is 23.1 Å². The van der Waals surface area contributed by atoms with Crippen molar-refractivity contribution in [2.75, 3.05) is 12.4 Å². The fraction of sp³-hybridized carbons (Fsp3) is 0.250. The highest BCUT2D eigenvalue weighted by atomic mass is 16.6. The van der Waals surface area contributed by atoms with Gasteiger partial charge in [0.05, 0.1) is 18.4 Å². The minimum absolute atomic E-state index is 0.126. The Morgan fingerprint density at radius 1 is 1.00 bits per heavy atom. The molecule has 0 saturated heterocycles. The van der Waals surface area contributed by atoms with E-state index in [0.717, 1.165) is 11.1 Å². The molecule has 1 aromatic carbocycles. The molecule has 2 heterocycles. The largest absolute Gasteiger partial charge is 0.465 e. The maximum absolute atomic E-state index is 12.7. The maximum Gasteiger partial charge on any atom is 0.408 e. The number of amides is 2. The quantitative estimate of drug-likeness (QED) is 0.398. The molecular weight excluding hydrogens is 472 g/mol. The number of benzene rings is 1. The topological polar surface area (TPSA) is 120 Å². The van der Waals surface area contributed by atoms with Crippen molar-refractivity contribution in [3.63, 3.8) is 0 Å². The second-order valence-electron chi connectivity index (χ2n) is 9.04. The second kappa shape index (κ2) is 11.8. The normalized spacial score (nSPS) is 11.4. The van der Waals surface area contributed by atoms with Crippen LogP contribution >= 0.6 is 0 Å². The molecule has 2 N–H and O–H groups in total. The lowest BCUT2D eigenvalue weighted by molar-refractivity contribution is -0.117. The van der Waals surface area contributed by atoms with Crippen molar-refractivity contribution in [3.05, 3.63) is 77.6 Å². The minimum Gasteiger partial charge on any atom is -0.465 e. The standard InChI is InChI=1S/C28H28N4O5/c1-18(30-27(35)37-28(2,3)4)25(33)32-24-16-22(26(34)36-5)15-23(31-24)21-12-10-19(11-13-21)8-9-20-7-6-14-29-17-20/h6-7,10-18H,1-5H3,(H,30,35)(H,31,32,33)/t18-/m0/s1. The number of aromatic nitrogens is 2. The van der Waals surface area contributed by atoms with Crippen LogP contribution in [0.15, 0.2) is 60.9 Å². The molecule has 2 aromatic heterocycles. The molecule has 0 aliphatic rings. The van der Waals surface area contributed by atoms with Crippen LogP contribution in [-0.2, 0) is 14.3 Å². The number of methoxy groups -OCH3 is 1. The van der Waals surface area contributed by atoms with Crippen molar-refractivity contribution in [1.82, 2.24) is 15.3 Å². The summed E-state index contributed by atoms with van der Waals surface area (Å²) in [5, 5.41) is 5.10. The van der Waals surface area contributed by atoms with E-state index in [4.69, 9.17) is 9.47 Å². The van der Waals surface area contributed by atoms with Crippen LogP contribution < -0.4 is 10.6 Å². The Labute approximate surface area is 215 Å². The molecule has 190 valence electrons. The van der Waals surface area contributed by atoms with Gasteiger partial charge in [0.15, 0.2) is 0 Å². The zero-order valence-corrected chi connectivity index (χ0v) is 21.3. The Morgan fingerprint density at radius 3 is 2.32 bits per heavy atom. The number of carbonyl (C=O) groups is 3. The number of ether oxygens (including phenoxy) is 2. The molecule has 0 unspecified atom stereocenters. The van der Waals surface area contributed by atoms with Gasteiger partial charge in [-0.1, -0.05) is 24.0 Å². The first-order chi connectivity index (χ1) is 17.5. The summed E-state index contributed by atoms with van der Waals surface area (Å²) in [6.07, 6.45) is 2.65. The third-order valence-corrected chi connectivity index (χ3v) is 4.82. The molecule has 9 nitrogen and oxygen atoms in total. The highest BCUT2D eigenvalue weighted by molar-refractivity contribution is 5.97. The van der Waals surface area contributed by atoms with Crippen LogP contribution in [-0.4, -0.2) is 46.7 Å². The molecule has 3 aromatic rings. The first-order valence-electron chi connectivity index (χ1n) is 11.5. The number of carbonyl (C=O) groups excluding carboxylic acids is 3. The lowest BCUT2D eigenvalue weighted by Crippen LogP contribution is -2.44. The molecule has 0 spiro atoms. The van der Waals surface area contributed by atoms with E-state index >= 15 is 0 Å². The van der Waals surface area contributed by atoms with Crippen LogP contribution in [0.5, 0.6) is 0 Å². The van der Waals surface area contributed by atoms with E-state index in [1.165, 1.54) is 20.1 Å². The number of nitrogens with zero attached hydrogens (tertiary/aromatic N) is 2. The van der Waals surface area contributed by atoms with Gasteiger partial charge in [-0.25, -0.2) is 14.6 Å². The fourth-order valence-electron chi connectivity index (χ4n) is 3.07. The Kier molecular flexibility index (Phi) is 8.59. The second-order valence-corrected chi connectivity index (χ2v) is 9.04. The summed E-state index contributed by atoms with van der Waals surface area (Å²) in [5.41, 5.74) is 2.23. The summed E-state index contributed by atoms with van der Waals surface area (Å²) in [6.45, 7) is 6.68. The molecule has 0 radical (unpaired) electrons. The molecule has 9 heteroatoms. The van der Waals surface area contributed by atoms with Crippen molar-refractivity contribution >= 4 is 23.8 Å². The van der Waals surface area contributed by atoms with Crippen LogP contribution in [0.2, 0.25) is 0 Å². The van der Waals surface area contributed by atoms with Crippen molar-refractivity contribution in [1.29, 1.82) is 0 Å². The van der Waals surface area contributed by atoms with Gasteiger partial charge >= 0.3 is 12.1 Å². The number of hydrogen-bond donors (Lipinski definition) is 2. The number of alkyl carbamates (subject to hydrolysis) is 1. The molecule has 0 saturated carbocycles. The van der Waals surface area contributed by atoms with Crippen LogP contribution in [0.3, 0.4) is 0 Å². The summed E-state index contributed by atoms with van der Waals surface area (Å²) in [4.78, 5) is 45.5. The lowest BCUT2D eigenvalue weighted by Gasteiger charge is -2.21. The summed E-state index contributed by atoms with van der Waals surface area (Å²) in [6, 6.07) is 13.0. The van der Waals surface area contributed by atoms with Crippen LogP contribution in [0.25, 0.3) is 11.3 Å². The van der Waals surface area contributed by atoms with Crippen molar-refractivity contribution in [2.24, 2.45) is 0 Å². The van der Waals surface area contributed by atoms with E-state index in [9.17, 15) is 14.4 Å². The van der Waals surface area contributed by atoms with Crippen LogP contribution in [0, 0.1) is 11.8 Å². The first kappa shape index (κ1) is 26.9. The number of nitrogens with one attached hydrogen (secondary N) is 2. The summed E-state index contributed by atoms with van der Waals surface area (Å²) >= 11 is 0. The van der Waals surface area contributed by atoms with E-state index in [2.05, 4.69) is 32.4 Å². The van der Waals surface area contributed by atoms with Gasteiger partial charge in [-0.3, -0.25) is 9.78 Å². The monoisotopic (exact) mass is 500 g/mol. The molecule has 0 bridgehead atoms. The zero-order chi connectivity index (χ0) is 27.0. The maximum atomic E-state index is 12.7. The van der Waals surface area contributed by atoms with Crippen LogP contribution in [0.4, 0.5) is 10.6 Å². The van der Waals surface area contributed by atoms with E-state index in [0.29, 0.717) is 11.3 Å². The molecule has 2 amide bonds. The lowest BCUT2D eigenvalue weighted by atomic mass is 10.1. The third kappa shape index (κ3) is 8.18. The Balaban J connectivity index is 1.81.